The number of nitrogens with zero attached hydrogens (tertiary/aromatic N) is 7. The second kappa shape index (κ2) is 7.34. The van der Waals surface area contributed by atoms with E-state index in [1.54, 1.807) is 18.1 Å². The molecule has 9 heteroatoms. The largest absolute Gasteiger partial charge is 0.320 e. The van der Waals surface area contributed by atoms with Gasteiger partial charge in [0.15, 0.2) is 0 Å². The predicted octanol–water partition coefficient (Wildman–Crippen LogP) is 0.339. The first-order chi connectivity index (χ1) is 9.66. The molecule has 0 fully saturated rings. The van der Waals surface area contributed by atoms with Crippen LogP contribution in [0, 0.1) is 5.92 Å². The number of aromatic nitrogens is 7. The molecule has 110 valence electrons. The van der Waals surface area contributed by atoms with Crippen LogP contribution in [0.4, 0.5) is 0 Å². The van der Waals surface area contributed by atoms with Gasteiger partial charge < -0.3 is 9.88 Å². The zero-order valence-corrected chi connectivity index (χ0v) is 12.8. The molecule has 0 unspecified atom stereocenters. The fourth-order valence-electron chi connectivity index (χ4n) is 1.58. The Hall–Kier alpha value is -1.48. The van der Waals surface area contributed by atoms with E-state index in [9.17, 15) is 0 Å². The highest BCUT2D eigenvalue weighted by molar-refractivity contribution is 7.98. The molecule has 0 aliphatic rings. The molecule has 2 aromatic rings. The third-order valence-electron chi connectivity index (χ3n) is 2.69. The summed E-state index contributed by atoms with van der Waals surface area (Å²) in [4.78, 5) is 0. The van der Waals surface area contributed by atoms with E-state index >= 15 is 0 Å². The Morgan fingerprint density at radius 3 is 2.90 bits per heavy atom. The molecule has 0 amide bonds. The molecule has 0 aliphatic carbocycles. The van der Waals surface area contributed by atoms with Crippen molar-refractivity contribution in [3.8, 4) is 0 Å². The standard InChI is InChI=1S/C11H20N8S/c1-9(2)6-12-4-5-19-11(15-16-17-19)20-7-10-14-13-8-18(10)3/h8-9,12H,4-7H2,1-3H3. The van der Waals surface area contributed by atoms with E-state index < -0.39 is 0 Å². The second-order valence-electron chi connectivity index (χ2n) is 4.93. The highest BCUT2D eigenvalue weighted by Crippen LogP contribution is 2.17. The zero-order valence-electron chi connectivity index (χ0n) is 12.0. The fraction of sp³-hybridized carbons (Fsp3) is 0.727. The average Bonchev–Trinajstić information content (AvgIpc) is 3.01. The SMILES string of the molecule is CC(C)CNCCn1nnnc1SCc1nncn1C. The van der Waals surface area contributed by atoms with Gasteiger partial charge >= 0.3 is 0 Å². The van der Waals surface area contributed by atoms with Gasteiger partial charge in [-0.3, -0.25) is 0 Å². The monoisotopic (exact) mass is 296 g/mol. The number of tetrazole rings is 1. The minimum Gasteiger partial charge on any atom is -0.320 e. The van der Waals surface area contributed by atoms with E-state index in [4.69, 9.17) is 0 Å². The Kier molecular flexibility index (Phi) is 5.48. The molecular weight excluding hydrogens is 276 g/mol. The second-order valence-corrected chi connectivity index (χ2v) is 5.87. The van der Waals surface area contributed by atoms with Crippen LogP contribution in [-0.4, -0.2) is 48.1 Å². The Balaban J connectivity index is 1.81. The minimum absolute atomic E-state index is 0.647. The van der Waals surface area contributed by atoms with Crippen molar-refractivity contribution < 1.29 is 0 Å². The van der Waals surface area contributed by atoms with Crippen LogP contribution < -0.4 is 5.32 Å². The molecule has 2 rings (SSSR count). The first-order valence-electron chi connectivity index (χ1n) is 6.59. The van der Waals surface area contributed by atoms with Gasteiger partial charge in [-0.05, 0) is 22.9 Å². The molecule has 20 heavy (non-hydrogen) atoms. The van der Waals surface area contributed by atoms with E-state index in [1.165, 1.54) is 0 Å². The first kappa shape index (κ1) is 14.9. The number of hydrogen-bond acceptors (Lipinski definition) is 7. The molecule has 0 spiro atoms. The third-order valence-corrected chi connectivity index (χ3v) is 3.64. The Bertz CT molecular complexity index is 520. The molecule has 0 bridgehead atoms. The van der Waals surface area contributed by atoms with Crippen molar-refractivity contribution in [1.29, 1.82) is 0 Å². The fourth-order valence-corrected chi connectivity index (χ4v) is 2.47. The average molecular weight is 296 g/mol. The van der Waals surface area contributed by atoms with Crippen LogP contribution in [0.25, 0.3) is 0 Å². The molecule has 2 heterocycles. The van der Waals surface area contributed by atoms with Gasteiger partial charge in [0, 0.05) is 13.6 Å². The summed E-state index contributed by atoms with van der Waals surface area (Å²) in [5.41, 5.74) is 0. The van der Waals surface area contributed by atoms with Gasteiger partial charge in [0.25, 0.3) is 0 Å². The normalized spacial score (nSPS) is 11.4. The van der Waals surface area contributed by atoms with E-state index in [0.717, 1.165) is 30.6 Å². The number of aryl methyl sites for hydroxylation is 1. The maximum atomic E-state index is 4.04. The maximum absolute atomic E-state index is 4.04. The summed E-state index contributed by atoms with van der Waals surface area (Å²) in [5.74, 6) is 2.26. The smallest absolute Gasteiger partial charge is 0.209 e. The van der Waals surface area contributed by atoms with Crippen molar-refractivity contribution in [3.05, 3.63) is 12.2 Å². The van der Waals surface area contributed by atoms with E-state index in [-0.39, 0.29) is 0 Å². The van der Waals surface area contributed by atoms with Gasteiger partial charge in [0.2, 0.25) is 5.16 Å². The van der Waals surface area contributed by atoms with Crippen LogP contribution in [0.2, 0.25) is 0 Å². The Morgan fingerprint density at radius 1 is 1.35 bits per heavy atom. The predicted molar refractivity (Wildman–Crippen MR) is 76.1 cm³/mol. The summed E-state index contributed by atoms with van der Waals surface area (Å²) in [6.07, 6.45) is 1.69. The topological polar surface area (TPSA) is 86.3 Å². The molecular formula is C11H20N8S. The summed E-state index contributed by atoms with van der Waals surface area (Å²) in [5, 5.41) is 23.9. The highest BCUT2D eigenvalue weighted by atomic mass is 32.2. The van der Waals surface area contributed by atoms with Gasteiger partial charge in [-0.25, -0.2) is 4.68 Å². The molecule has 1 N–H and O–H groups in total. The molecule has 0 radical (unpaired) electrons. The quantitative estimate of drug-likeness (QED) is 0.555. The van der Waals surface area contributed by atoms with Crippen LogP contribution in [0.5, 0.6) is 0 Å². The molecule has 0 aliphatic heterocycles. The third kappa shape index (κ3) is 4.27. The lowest BCUT2D eigenvalue weighted by molar-refractivity contribution is 0.482. The summed E-state index contributed by atoms with van der Waals surface area (Å²) in [6, 6.07) is 0. The lowest BCUT2D eigenvalue weighted by Crippen LogP contribution is -2.24. The molecule has 0 saturated carbocycles. The van der Waals surface area contributed by atoms with Crippen LogP contribution in [-0.2, 0) is 19.3 Å². The molecule has 0 atom stereocenters. The molecule has 0 aromatic carbocycles. The number of rotatable bonds is 8. The van der Waals surface area contributed by atoms with Gasteiger partial charge in [0.1, 0.15) is 12.2 Å². The molecule has 2 aromatic heterocycles. The Morgan fingerprint density at radius 2 is 2.20 bits per heavy atom. The van der Waals surface area contributed by atoms with Crippen molar-refractivity contribution in [2.24, 2.45) is 13.0 Å². The first-order valence-corrected chi connectivity index (χ1v) is 7.58. The van der Waals surface area contributed by atoms with Crippen LogP contribution in [0.1, 0.15) is 19.7 Å². The van der Waals surface area contributed by atoms with Crippen molar-refractivity contribution >= 4 is 11.8 Å². The highest BCUT2D eigenvalue weighted by Gasteiger charge is 2.09. The van der Waals surface area contributed by atoms with Crippen molar-refractivity contribution in [1.82, 2.24) is 40.3 Å². The van der Waals surface area contributed by atoms with Gasteiger partial charge in [-0.1, -0.05) is 25.6 Å². The van der Waals surface area contributed by atoms with Gasteiger partial charge in [-0.2, -0.15) is 0 Å². The summed E-state index contributed by atoms with van der Waals surface area (Å²) in [6.45, 7) is 7.00. The van der Waals surface area contributed by atoms with Crippen molar-refractivity contribution in [2.75, 3.05) is 13.1 Å². The minimum atomic E-state index is 0.647. The van der Waals surface area contributed by atoms with Crippen LogP contribution in [0.3, 0.4) is 0 Å². The van der Waals surface area contributed by atoms with E-state index in [1.807, 2.05) is 16.3 Å². The Labute approximate surface area is 122 Å². The van der Waals surface area contributed by atoms with E-state index in [2.05, 4.69) is 44.9 Å². The van der Waals surface area contributed by atoms with Crippen LogP contribution in [0.15, 0.2) is 11.5 Å². The summed E-state index contributed by atoms with van der Waals surface area (Å²) in [7, 11) is 1.93. The van der Waals surface area contributed by atoms with E-state index in [0.29, 0.717) is 11.7 Å². The lowest BCUT2D eigenvalue weighted by atomic mass is 10.2. The maximum Gasteiger partial charge on any atom is 0.209 e. The summed E-state index contributed by atoms with van der Waals surface area (Å²) < 4.78 is 3.71. The van der Waals surface area contributed by atoms with Crippen molar-refractivity contribution in [3.63, 3.8) is 0 Å². The lowest BCUT2D eigenvalue weighted by Gasteiger charge is -2.07. The molecule has 8 nitrogen and oxygen atoms in total. The summed E-state index contributed by atoms with van der Waals surface area (Å²) >= 11 is 1.57. The zero-order chi connectivity index (χ0) is 14.4. The van der Waals surface area contributed by atoms with Gasteiger partial charge in [-0.15, -0.1) is 15.3 Å². The van der Waals surface area contributed by atoms with Gasteiger partial charge in [0.05, 0.1) is 12.3 Å². The molecule has 0 saturated heterocycles. The number of hydrogen-bond donors (Lipinski definition) is 1. The van der Waals surface area contributed by atoms with Crippen molar-refractivity contribution in [2.45, 2.75) is 31.3 Å². The number of thioether (sulfide) groups is 1. The number of nitrogens with one attached hydrogen (secondary N) is 1. The van der Waals surface area contributed by atoms with Crippen LogP contribution >= 0.6 is 11.8 Å².